The number of nitrogens with one attached hydrogen (secondary N) is 1. The maximum Gasteiger partial charge on any atom is 0.0627 e. The molecule has 1 N–H and O–H groups in total. The van der Waals surface area contributed by atoms with Gasteiger partial charge < -0.3 is 5.32 Å². The summed E-state index contributed by atoms with van der Waals surface area (Å²) in [7, 11) is 0. The second-order valence-electron chi connectivity index (χ2n) is 6.33. The van der Waals surface area contributed by atoms with Crippen molar-refractivity contribution >= 4 is 0 Å². The van der Waals surface area contributed by atoms with Gasteiger partial charge in [0.05, 0.1) is 11.7 Å². The van der Waals surface area contributed by atoms with Gasteiger partial charge >= 0.3 is 0 Å². The normalized spacial score (nSPS) is 26.2. The third-order valence-electron chi connectivity index (χ3n) is 4.81. The van der Waals surface area contributed by atoms with Crippen LogP contribution in [0.3, 0.4) is 0 Å². The molecule has 1 aromatic rings. The SMILES string of the molecule is c1cn(C2CCCCC2)nc1CC1CCCNCC1. The molecule has 3 rings (SSSR count). The molecule has 19 heavy (non-hydrogen) atoms. The van der Waals surface area contributed by atoms with Crippen LogP contribution in [0.15, 0.2) is 12.3 Å². The maximum absolute atomic E-state index is 4.85. The molecule has 2 fully saturated rings. The molecule has 2 aliphatic rings. The maximum atomic E-state index is 4.85. The lowest BCUT2D eigenvalue weighted by atomic mass is 9.95. The van der Waals surface area contributed by atoms with Crippen molar-refractivity contribution in [2.75, 3.05) is 13.1 Å². The quantitative estimate of drug-likeness (QED) is 0.904. The topological polar surface area (TPSA) is 29.9 Å². The summed E-state index contributed by atoms with van der Waals surface area (Å²) >= 11 is 0. The Bertz CT molecular complexity index is 371. The van der Waals surface area contributed by atoms with Gasteiger partial charge in [0.2, 0.25) is 0 Å². The zero-order valence-corrected chi connectivity index (χ0v) is 12.0. The Kier molecular flexibility index (Phi) is 4.54. The Morgan fingerprint density at radius 2 is 1.95 bits per heavy atom. The fourth-order valence-electron chi connectivity index (χ4n) is 3.63. The van der Waals surface area contributed by atoms with Gasteiger partial charge in [-0.25, -0.2) is 0 Å². The first-order valence-electron chi connectivity index (χ1n) is 8.16. The predicted molar refractivity (Wildman–Crippen MR) is 78.3 cm³/mol. The molecule has 1 atom stereocenters. The van der Waals surface area contributed by atoms with Crippen LogP contribution >= 0.6 is 0 Å². The van der Waals surface area contributed by atoms with Gasteiger partial charge in [0.1, 0.15) is 0 Å². The van der Waals surface area contributed by atoms with Crippen LogP contribution in [0.1, 0.15) is 63.1 Å². The summed E-state index contributed by atoms with van der Waals surface area (Å²) in [5, 5.41) is 8.35. The first-order valence-corrected chi connectivity index (χ1v) is 8.16. The van der Waals surface area contributed by atoms with Gasteiger partial charge in [-0.3, -0.25) is 4.68 Å². The average Bonchev–Trinajstić information content (AvgIpc) is 2.76. The summed E-state index contributed by atoms with van der Waals surface area (Å²) in [6.07, 6.45) is 14.3. The van der Waals surface area contributed by atoms with Crippen LogP contribution in [0.4, 0.5) is 0 Å². The third kappa shape index (κ3) is 3.59. The predicted octanol–water partition coefficient (Wildman–Crippen LogP) is 3.32. The molecule has 2 heterocycles. The van der Waals surface area contributed by atoms with Gasteiger partial charge in [0.15, 0.2) is 0 Å². The van der Waals surface area contributed by atoms with Crippen molar-refractivity contribution in [1.29, 1.82) is 0 Å². The Labute approximate surface area is 116 Å². The van der Waals surface area contributed by atoms with Crippen molar-refractivity contribution < 1.29 is 0 Å². The second kappa shape index (κ2) is 6.56. The highest BCUT2D eigenvalue weighted by atomic mass is 15.3. The molecule has 0 radical (unpaired) electrons. The van der Waals surface area contributed by atoms with E-state index in [1.54, 1.807) is 0 Å². The van der Waals surface area contributed by atoms with E-state index in [1.165, 1.54) is 76.6 Å². The molecule has 1 aromatic heterocycles. The lowest BCUT2D eigenvalue weighted by molar-refractivity contribution is 0.326. The number of nitrogens with zero attached hydrogens (tertiary/aromatic N) is 2. The van der Waals surface area contributed by atoms with Crippen molar-refractivity contribution in [1.82, 2.24) is 15.1 Å². The summed E-state index contributed by atoms with van der Waals surface area (Å²) in [4.78, 5) is 0. The van der Waals surface area contributed by atoms with Crippen molar-refractivity contribution in [2.45, 2.75) is 63.8 Å². The zero-order valence-electron chi connectivity index (χ0n) is 12.0. The highest BCUT2D eigenvalue weighted by Gasteiger charge is 2.18. The average molecular weight is 261 g/mol. The molecule has 0 amide bonds. The third-order valence-corrected chi connectivity index (χ3v) is 4.81. The van der Waals surface area contributed by atoms with E-state index >= 15 is 0 Å². The largest absolute Gasteiger partial charge is 0.317 e. The van der Waals surface area contributed by atoms with Crippen LogP contribution in [0.2, 0.25) is 0 Å². The van der Waals surface area contributed by atoms with E-state index < -0.39 is 0 Å². The van der Waals surface area contributed by atoms with Gasteiger partial charge in [-0.15, -0.1) is 0 Å². The van der Waals surface area contributed by atoms with Gasteiger partial charge in [-0.05, 0) is 63.6 Å². The highest BCUT2D eigenvalue weighted by Crippen LogP contribution is 2.28. The number of rotatable bonds is 3. The molecule has 1 saturated carbocycles. The molecule has 1 saturated heterocycles. The van der Waals surface area contributed by atoms with Gasteiger partial charge in [0.25, 0.3) is 0 Å². The van der Waals surface area contributed by atoms with Crippen LogP contribution in [-0.4, -0.2) is 22.9 Å². The van der Waals surface area contributed by atoms with E-state index in [-0.39, 0.29) is 0 Å². The summed E-state index contributed by atoms with van der Waals surface area (Å²) in [6.45, 7) is 2.39. The van der Waals surface area contributed by atoms with Crippen LogP contribution in [-0.2, 0) is 6.42 Å². The molecule has 1 aliphatic heterocycles. The molecule has 3 nitrogen and oxygen atoms in total. The lowest BCUT2D eigenvalue weighted by Gasteiger charge is -2.21. The molecule has 106 valence electrons. The zero-order chi connectivity index (χ0) is 12.9. The van der Waals surface area contributed by atoms with Crippen molar-refractivity contribution in [3.8, 4) is 0 Å². The summed E-state index contributed by atoms with van der Waals surface area (Å²) < 4.78 is 2.25. The molecule has 1 aliphatic carbocycles. The first kappa shape index (κ1) is 13.2. The fraction of sp³-hybridized carbons (Fsp3) is 0.812. The Morgan fingerprint density at radius 3 is 2.84 bits per heavy atom. The van der Waals surface area contributed by atoms with Crippen molar-refractivity contribution in [3.05, 3.63) is 18.0 Å². The van der Waals surface area contributed by atoms with Crippen LogP contribution in [0.5, 0.6) is 0 Å². The van der Waals surface area contributed by atoms with Gasteiger partial charge in [-0.1, -0.05) is 19.3 Å². The molecule has 0 bridgehead atoms. The molecular formula is C16H27N3. The molecule has 1 unspecified atom stereocenters. The van der Waals surface area contributed by atoms with Crippen LogP contribution in [0, 0.1) is 5.92 Å². The van der Waals surface area contributed by atoms with E-state index in [1.807, 2.05) is 0 Å². The molecule has 3 heteroatoms. The molecule has 0 aromatic carbocycles. The molecular weight excluding hydrogens is 234 g/mol. The van der Waals surface area contributed by atoms with E-state index in [0.29, 0.717) is 6.04 Å². The van der Waals surface area contributed by atoms with E-state index in [4.69, 9.17) is 5.10 Å². The Morgan fingerprint density at radius 1 is 1.05 bits per heavy atom. The standard InChI is InChI=1S/C16H27N3/c1-2-6-16(7-3-1)19-12-9-15(18-19)13-14-5-4-10-17-11-8-14/h9,12,14,16-17H,1-8,10-11,13H2. The first-order chi connectivity index (χ1) is 9.42. The minimum Gasteiger partial charge on any atom is -0.317 e. The van der Waals surface area contributed by atoms with Gasteiger partial charge in [0, 0.05) is 6.20 Å². The van der Waals surface area contributed by atoms with E-state index in [2.05, 4.69) is 22.3 Å². The van der Waals surface area contributed by atoms with E-state index in [9.17, 15) is 0 Å². The summed E-state index contributed by atoms with van der Waals surface area (Å²) in [5.41, 5.74) is 1.32. The van der Waals surface area contributed by atoms with Gasteiger partial charge in [-0.2, -0.15) is 5.10 Å². The number of hydrogen-bond donors (Lipinski definition) is 1. The monoisotopic (exact) mass is 261 g/mol. The van der Waals surface area contributed by atoms with Crippen LogP contribution < -0.4 is 5.32 Å². The Hall–Kier alpha value is -0.830. The minimum absolute atomic E-state index is 0.679. The minimum atomic E-state index is 0.679. The van der Waals surface area contributed by atoms with E-state index in [0.717, 1.165) is 5.92 Å². The number of hydrogen-bond acceptors (Lipinski definition) is 2. The summed E-state index contributed by atoms with van der Waals surface area (Å²) in [6, 6.07) is 2.94. The highest BCUT2D eigenvalue weighted by molar-refractivity contribution is 5.01. The van der Waals surface area contributed by atoms with Crippen molar-refractivity contribution in [3.63, 3.8) is 0 Å². The second-order valence-corrected chi connectivity index (χ2v) is 6.33. The fourth-order valence-corrected chi connectivity index (χ4v) is 3.63. The number of aromatic nitrogens is 2. The Balaban J connectivity index is 1.57. The molecule has 0 spiro atoms. The lowest BCUT2D eigenvalue weighted by Crippen LogP contribution is -2.15. The van der Waals surface area contributed by atoms with Crippen molar-refractivity contribution in [2.24, 2.45) is 5.92 Å². The smallest absolute Gasteiger partial charge is 0.0627 e. The summed E-state index contributed by atoms with van der Waals surface area (Å²) in [5.74, 6) is 0.838. The van der Waals surface area contributed by atoms with Crippen LogP contribution in [0.25, 0.3) is 0 Å².